The summed E-state index contributed by atoms with van der Waals surface area (Å²) in [5, 5.41) is 7.86. The highest BCUT2D eigenvalue weighted by Crippen LogP contribution is 2.31. The van der Waals surface area contributed by atoms with Crippen LogP contribution in [-0.4, -0.2) is 24.6 Å². The second-order valence-electron chi connectivity index (χ2n) is 7.85. The summed E-state index contributed by atoms with van der Waals surface area (Å²) in [7, 11) is 1.57. The van der Waals surface area contributed by atoms with Crippen LogP contribution in [0.2, 0.25) is 5.02 Å². The summed E-state index contributed by atoms with van der Waals surface area (Å²) in [4.78, 5) is 25.4. The Hall–Kier alpha value is -3.58. The molecule has 7 nitrogen and oxygen atoms in total. The number of carbonyl (C=O) groups is 2. The van der Waals surface area contributed by atoms with E-state index >= 15 is 0 Å². The maximum absolute atomic E-state index is 12.9. The molecule has 1 aliphatic carbocycles. The van der Waals surface area contributed by atoms with E-state index in [1.165, 1.54) is 0 Å². The van der Waals surface area contributed by atoms with Crippen LogP contribution in [0.4, 0.5) is 5.69 Å². The van der Waals surface area contributed by atoms with Gasteiger partial charge in [-0.25, -0.2) is 5.43 Å². The number of halogens is 1. The summed E-state index contributed by atoms with van der Waals surface area (Å²) in [6.07, 6.45) is 2.19. The number of hydrazone groups is 1. The lowest BCUT2D eigenvalue weighted by molar-refractivity contribution is 0.0953. The molecule has 0 unspecified atom stereocenters. The van der Waals surface area contributed by atoms with E-state index in [1.807, 2.05) is 13.8 Å². The highest BCUT2D eigenvalue weighted by molar-refractivity contribution is 6.30. The average Bonchev–Trinajstić information content (AvgIpc) is 3.16. The van der Waals surface area contributed by atoms with Crippen LogP contribution in [0.5, 0.6) is 5.75 Å². The number of amides is 2. The Morgan fingerprint density at radius 1 is 1.06 bits per heavy atom. The molecule has 1 aliphatic rings. The third kappa shape index (κ3) is 4.78. The lowest BCUT2D eigenvalue weighted by Crippen LogP contribution is -2.22. The zero-order valence-corrected chi connectivity index (χ0v) is 19.4. The number of rotatable bonds is 5. The van der Waals surface area contributed by atoms with Crippen LogP contribution >= 0.6 is 11.6 Å². The fourth-order valence-corrected chi connectivity index (χ4v) is 4.09. The lowest BCUT2D eigenvalue weighted by Gasteiger charge is -2.13. The predicted molar refractivity (Wildman–Crippen MR) is 128 cm³/mol. The Labute approximate surface area is 196 Å². The molecule has 0 spiro atoms. The monoisotopic (exact) mass is 465 g/mol. The largest absolute Gasteiger partial charge is 0.497 e. The number of fused-ring (bicyclic) bond motifs is 1. The molecule has 2 aromatic carbocycles. The van der Waals surface area contributed by atoms with Gasteiger partial charge in [0, 0.05) is 33.8 Å². The van der Waals surface area contributed by atoms with Gasteiger partial charge in [-0.05, 0) is 74.7 Å². The Bertz CT molecular complexity index is 1250. The van der Waals surface area contributed by atoms with E-state index in [4.69, 9.17) is 20.8 Å². The summed E-state index contributed by atoms with van der Waals surface area (Å²) in [6, 6.07) is 12.0. The molecule has 170 valence electrons. The van der Waals surface area contributed by atoms with Crippen LogP contribution < -0.4 is 15.5 Å². The topological polar surface area (TPSA) is 92.9 Å². The molecule has 0 saturated carbocycles. The molecule has 0 saturated heterocycles. The molecule has 8 heteroatoms. The Morgan fingerprint density at radius 2 is 1.82 bits per heavy atom. The van der Waals surface area contributed by atoms with Gasteiger partial charge in [0.2, 0.25) is 0 Å². The lowest BCUT2D eigenvalue weighted by atomic mass is 9.93. The van der Waals surface area contributed by atoms with Crippen molar-refractivity contribution in [1.82, 2.24) is 5.43 Å². The minimum atomic E-state index is -0.339. The van der Waals surface area contributed by atoms with Gasteiger partial charge >= 0.3 is 0 Å². The van der Waals surface area contributed by atoms with Gasteiger partial charge in [-0.15, -0.1) is 0 Å². The normalized spacial score (nSPS) is 14.0. The zero-order chi connectivity index (χ0) is 23.5. The maximum atomic E-state index is 12.9. The Morgan fingerprint density at radius 3 is 2.52 bits per heavy atom. The predicted octanol–water partition coefficient (Wildman–Crippen LogP) is 5.28. The first kappa shape index (κ1) is 22.6. The molecule has 0 bridgehead atoms. The fourth-order valence-electron chi connectivity index (χ4n) is 3.87. The number of furan rings is 1. The molecule has 33 heavy (non-hydrogen) atoms. The van der Waals surface area contributed by atoms with Gasteiger partial charge in [0.25, 0.3) is 11.8 Å². The van der Waals surface area contributed by atoms with Crippen molar-refractivity contribution in [2.24, 2.45) is 5.10 Å². The van der Waals surface area contributed by atoms with Gasteiger partial charge in [-0.1, -0.05) is 11.6 Å². The molecule has 4 rings (SSSR count). The smallest absolute Gasteiger partial charge is 0.291 e. The number of nitrogens with one attached hydrogen (secondary N) is 2. The number of benzene rings is 2. The maximum Gasteiger partial charge on any atom is 0.291 e. The van der Waals surface area contributed by atoms with Crippen molar-refractivity contribution in [1.29, 1.82) is 0 Å². The summed E-state index contributed by atoms with van der Waals surface area (Å²) in [5.74, 6) is 0.951. The Balaban J connectivity index is 1.55. The number of carbonyl (C=O) groups excluding carboxylic acids is 2. The summed E-state index contributed by atoms with van der Waals surface area (Å²) in [5.41, 5.74) is 6.79. The van der Waals surface area contributed by atoms with E-state index in [0.717, 1.165) is 17.5 Å². The first-order valence-corrected chi connectivity index (χ1v) is 11.0. The molecule has 0 atom stereocenters. The highest BCUT2D eigenvalue weighted by Gasteiger charge is 2.28. The standard InChI is InChI=1S/C25H24ClN3O4/c1-14-13-17(26)9-12-19(14)27-25(31)23-15(2)22-20(5-4-6-21(22)33-23)28-29-24(30)16-7-10-18(32-3)11-8-16/h7-13H,4-6H2,1-3H3,(H,27,31)(H,29,30)/b28-20+. The van der Waals surface area contributed by atoms with Crippen molar-refractivity contribution in [3.05, 3.63) is 81.3 Å². The van der Waals surface area contributed by atoms with E-state index in [-0.39, 0.29) is 17.6 Å². The number of methoxy groups -OCH3 is 1. The van der Waals surface area contributed by atoms with E-state index in [1.54, 1.807) is 49.6 Å². The first-order chi connectivity index (χ1) is 15.9. The zero-order valence-electron chi connectivity index (χ0n) is 18.6. The third-order valence-electron chi connectivity index (χ3n) is 5.61. The van der Waals surface area contributed by atoms with Gasteiger partial charge in [0.1, 0.15) is 11.5 Å². The second kappa shape index (κ2) is 9.50. The van der Waals surface area contributed by atoms with Crippen LogP contribution in [0.25, 0.3) is 0 Å². The first-order valence-electron chi connectivity index (χ1n) is 10.6. The quantitative estimate of drug-likeness (QED) is 0.501. The molecule has 2 amide bonds. The van der Waals surface area contributed by atoms with Crippen molar-refractivity contribution in [2.45, 2.75) is 33.1 Å². The molecular weight excluding hydrogens is 442 g/mol. The van der Waals surface area contributed by atoms with E-state index in [2.05, 4.69) is 15.8 Å². The third-order valence-corrected chi connectivity index (χ3v) is 5.85. The van der Waals surface area contributed by atoms with Crippen molar-refractivity contribution in [2.75, 3.05) is 12.4 Å². The molecule has 0 fully saturated rings. The van der Waals surface area contributed by atoms with Gasteiger partial charge in [0.05, 0.1) is 12.8 Å². The molecule has 0 aliphatic heterocycles. The number of hydrogen-bond acceptors (Lipinski definition) is 5. The van der Waals surface area contributed by atoms with Crippen molar-refractivity contribution in [3.8, 4) is 5.75 Å². The minimum Gasteiger partial charge on any atom is -0.497 e. The number of ether oxygens (including phenoxy) is 1. The molecular formula is C25H24ClN3O4. The number of hydrogen-bond donors (Lipinski definition) is 2. The number of aryl methyl sites for hydroxylation is 2. The van der Waals surface area contributed by atoms with Crippen molar-refractivity contribution >= 4 is 34.8 Å². The van der Waals surface area contributed by atoms with E-state index in [9.17, 15) is 9.59 Å². The van der Waals surface area contributed by atoms with Crippen molar-refractivity contribution < 1.29 is 18.7 Å². The van der Waals surface area contributed by atoms with Gasteiger partial charge in [-0.3, -0.25) is 9.59 Å². The Kier molecular flexibility index (Phi) is 6.51. The fraction of sp³-hybridized carbons (Fsp3) is 0.240. The van der Waals surface area contributed by atoms with E-state index < -0.39 is 0 Å². The summed E-state index contributed by atoms with van der Waals surface area (Å²) >= 11 is 6.01. The summed E-state index contributed by atoms with van der Waals surface area (Å²) in [6.45, 7) is 3.70. The number of nitrogens with zero attached hydrogens (tertiary/aromatic N) is 1. The van der Waals surface area contributed by atoms with Crippen LogP contribution in [0.15, 0.2) is 52.0 Å². The molecule has 3 aromatic rings. The minimum absolute atomic E-state index is 0.241. The molecule has 1 aromatic heterocycles. The van der Waals surface area contributed by atoms with Crippen LogP contribution in [0.1, 0.15) is 56.2 Å². The van der Waals surface area contributed by atoms with Crippen LogP contribution in [-0.2, 0) is 6.42 Å². The SMILES string of the molecule is COc1ccc(C(=O)N/N=C2\CCCc3oc(C(=O)Nc4ccc(Cl)cc4C)c(C)c32)cc1. The van der Waals surface area contributed by atoms with Crippen LogP contribution in [0, 0.1) is 13.8 Å². The molecule has 1 heterocycles. The van der Waals surface area contributed by atoms with Gasteiger partial charge in [-0.2, -0.15) is 5.10 Å². The van der Waals surface area contributed by atoms with E-state index in [0.29, 0.717) is 51.9 Å². The second-order valence-corrected chi connectivity index (χ2v) is 8.29. The highest BCUT2D eigenvalue weighted by atomic mass is 35.5. The summed E-state index contributed by atoms with van der Waals surface area (Å²) < 4.78 is 11.1. The molecule has 0 radical (unpaired) electrons. The number of anilines is 1. The van der Waals surface area contributed by atoms with Gasteiger partial charge < -0.3 is 14.5 Å². The van der Waals surface area contributed by atoms with Crippen LogP contribution in [0.3, 0.4) is 0 Å². The molecule has 2 N–H and O–H groups in total. The average molecular weight is 466 g/mol. The van der Waals surface area contributed by atoms with Gasteiger partial charge in [0.15, 0.2) is 5.76 Å². The van der Waals surface area contributed by atoms with Crippen molar-refractivity contribution in [3.63, 3.8) is 0 Å².